The first-order valence-electron chi connectivity index (χ1n) is 6.75. The number of ether oxygens (including phenoxy) is 1. The van der Waals surface area contributed by atoms with Gasteiger partial charge in [-0.05, 0) is 38.1 Å². The molecular formula is C13H25NO. The molecule has 2 atom stereocenters. The van der Waals surface area contributed by atoms with E-state index >= 15 is 0 Å². The Bertz CT molecular complexity index is 175. The molecule has 0 bridgehead atoms. The van der Waals surface area contributed by atoms with Crippen molar-refractivity contribution in [3.63, 3.8) is 0 Å². The molecule has 1 saturated heterocycles. The van der Waals surface area contributed by atoms with E-state index in [1.165, 1.54) is 44.9 Å². The molecule has 2 heteroatoms. The number of nitrogens with one attached hydrogen (secondary N) is 1. The lowest BCUT2D eigenvalue weighted by molar-refractivity contribution is -0.0413. The largest absolute Gasteiger partial charge is 0.378 e. The van der Waals surface area contributed by atoms with Crippen LogP contribution in [-0.2, 0) is 4.74 Å². The van der Waals surface area contributed by atoms with E-state index in [-0.39, 0.29) is 0 Å². The summed E-state index contributed by atoms with van der Waals surface area (Å²) in [5.74, 6) is 0.861. The smallest absolute Gasteiger partial charge is 0.0618 e. The van der Waals surface area contributed by atoms with Gasteiger partial charge in [0.2, 0.25) is 0 Å². The van der Waals surface area contributed by atoms with Gasteiger partial charge in [0.25, 0.3) is 0 Å². The molecule has 2 rings (SSSR count). The predicted octanol–water partition coefficient (Wildman–Crippen LogP) is 2.72. The molecule has 0 spiro atoms. The molecule has 0 amide bonds. The van der Waals surface area contributed by atoms with Crippen LogP contribution in [0.1, 0.15) is 51.9 Å². The van der Waals surface area contributed by atoms with Crippen LogP contribution < -0.4 is 5.32 Å². The van der Waals surface area contributed by atoms with Crippen LogP contribution in [0.5, 0.6) is 0 Å². The van der Waals surface area contributed by atoms with Crippen molar-refractivity contribution >= 4 is 0 Å². The maximum atomic E-state index is 5.95. The summed E-state index contributed by atoms with van der Waals surface area (Å²) in [5.41, 5.74) is 0. The third kappa shape index (κ3) is 3.18. The van der Waals surface area contributed by atoms with E-state index in [1.807, 2.05) is 0 Å². The van der Waals surface area contributed by atoms with Crippen molar-refractivity contribution in [2.45, 2.75) is 64.0 Å². The zero-order valence-electron chi connectivity index (χ0n) is 10.0. The van der Waals surface area contributed by atoms with E-state index in [1.54, 1.807) is 0 Å². The quantitative estimate of drug-likeness (QED) is 0.775. The van der Waals surface area contributed by atoms with Crippen molar-refractivity contribution in [1.82, 2.24) is 5.32 Å². The highest BCUT2D eigenvalue weighted by Crippen LogP contribution is 2.32. The topological polar surface area (TPSA) is 21.3 Å². The van der Waals surface area contributed by atoms with Crippen molar-refractivity contribution in [2.75, 3.05) is 13.2 Å². The van der Waals surface area contributed by atoms with Gasteiger partial charge in [-0.2, -0.15) is 0 Å². The van der Waals surface area contributed by atoms with Gasteiger partial charge in [-0.1, -0.05) is 26.2 Å². The Balaban J connectivity index is 1.80. The summed E-state index contributed by atoms with van der Waals surface area (Å²) in [5, 5.41) is 3.57. The second-order valence-corrected chi connectivity index (χ2v) is 5.09. The van der Waals surface area contributed by atoms with Crippen molar-refractivity contribution < 1.29 is 4.74 Å². The zero-order valence-corrected chi connectivity index (χ0v) is 10.0. The fourth-order valence-electron chi connectivity index (χ4n) is 3.14. The Labute approximate surface area is 93.8 Å². The zero-order chi connectivity index (χ0) is 10.5. The Hall–Kier alpha value is -0.0800. The van der Waals surface area contributed by atoms with Crippen LogP contribution in [0.15, 0.2) is 0 Å². The first-order valence-corrected chi connectivity index (χ1v) is 6.75. The summed E-state index contributed by atoms with van der Waals surface area (Å²) < 4.78 is 5.95. The van der Waals surface area contributed by atoms with Gasteiger partial charge in [-0.25, -0.2) is 0 Å². The molecule has 2 unspecified atom stereocenters. The first kappa shape index (κ1) is 11.4. The molecule has 0 aromatic rings. The molecule has 0 radical (unpaired) electrons. The normalized spacial score (nSPS) is 34.2. The SMILES string of the molecule is CCNC1CCOC(C2CCCCC2)C1. The van der Waals surface area contributed by atoms with Gasteiger partial charge in [0, 0.05) is 12.6 Å². The highest BCUT2D eigenvalue weighted by atomic mass is 16.5. The molecule has 1 saturated carbocycles. The summed E-state index contributed by atoms with van der Waals surface area (Å²) in [6.07, 6.45) is 10.1. The van der Waals surface area contributed by atoms with Crippen LogP contribution in [0.2, 0.25) is 0 Å². The Morgan fingerprint density at radius 3 is 2.67 bits per heavy atom. The Morgan fingerprint density at radius 1 is 1.13 bits per heavy atom. The molecule has 2 fully saturated rings. The number of hydrogen-bond donors (Lipinski definition) is 1. The third-order valence-corrected chi connectivity index (χ3v) is 3.98. The molecule has 1 N–H and O–H groups in total. The lowest BCUT2D eigenvalue weighted by atomic mass is 9.82. The Kier molecular flexibility index (Phi) is 4.45. The van der Waals surface area contributed by atoms with E-state index in [0.717, 1.165) is 25.1 Å². The first-order chi connectivity index (χ1) is 7.40. The van der Waals surface area contributed by atoms with Crippen LogP contribution in [-0.4, -0.2) is 25.3 Å². The summed E-state index contributed by atoms with van der Waals surface area (Å²) in [7, 11) is 0. The average Bonchev–Trinajstić information content (AvgIpc) is 2.31. The third-order valence-electron chi connectivity index (χ3n) is 3.98. The molecule has 2 nitrogen and oxygen atoms in total. The maximum Gasteiger partial charge on any atom is 0.0618 e. The minimum atomic E-state index is 0.558. The molecule has 88 valence electrons. The second kappa shape index (κ2) is 5.86. The van der Waals surface area contributed by atoms with E-state index in [0.29, 0.717) is 6.10 Å². The van der Waals surface area contributed by atoms with E-state index in [4.69, 9.17) is 4.74 Å². The van der Waals surface area contributed by atoms with Crippen molar-refractivity contribution in [3.05, 3.63) is 0 Å². The van der Waals surface area contributed by atoms with Crippen molar-refractivity contribution in [1.29, 1.82) is 0 Å². The summed E-state index contributed by atoms with van der Waals surface area (Å²) in [6, 6.07) is 0.718. The number of hydrogen-bond acceptors (Lipinski definition) is 2. The molecular weight excluding hydrogens is 186 g/mol. The van der Waals surface area contributed by atoms with Crippen LogP contribution in [0.4, 0.5) is 0 Å². The lowest BCUT2D eigenvalue weighted by Crippen LogP contribution is -2.42. The lowest BCUT2D eigenvalue weighted by Gasteiger charge is -2.36. The molecule has 0 aromatic heterocycles. The highest BCUT2D eigenvalue weighted by molar-refractivity contribution is 4.82. The summed E-state index contributed by atoms with van der Waals surface area (Å²) in [4.78, 5) is 0. The molecule has 2 aliphatic rings. The maximum absolute atomic E-state index is 5.95. The van der Waals surface area contributed by atoms with E-state index in [9.17, 15) is 0 Å². The van der Waals surface area contributed by atoms with E-state index < -0.39 is 0 Å². The second-order valence-electron chi connectivity index (χ2n) is 5.09. The minimum absolute atomic E-state index is 0.558. The van der Waals surface area contributed by atoms with Crippen molar-refractivity contribution in [3.8, 4) is 0 Å². The Morgan fingerprint density at radius 2 is 1.93 bits per heavy atom. The van der Waals surface area contributed by atoms with Gasteiger partial charge in [0.15, 0.2) is 0 Å². The summed E-state index contributed by atoms with van der Waals surface area (Å²) in [6.45, 7) is 4.27. The monoisotopic (exact) mass is 211 g/mol. The molecule has 15 heavy (non-hydrogen) atoms. The van der Waals surface area contributed by atoms with Gasteiger partial charge >= 0.3 is 0 Å². The minimum Gasteiger partial charge on any atom is -0.378 e. The van der Waals surface area contributed by atoms with Crippen LogP contribution in [0.25, 0.3) is 0 Å². The van der Waals surface area contributed by atoms with Crippen LogP contribution in [0.3, 0.4) is 0 Å². The number of rotatable bonds is 3. The fraction of sp³-hybridized carbons (Fsp3) is 1.00. The molecule has 1 aliphatic carbocycles. The van der Waals surface area contributed by atoms with Gasteiger partial charge < -0.3 is 10.1 Å². The molecule has 1 heterocycles. The average molecular weight is 211 g/mol. The van der Waals surface area contributed by atoms with Crippen LogP contribution >= 0.6 is 0 Å². The highest BCUT2D eigenvalue weighted by Gasteiger charge is 2.29. The van der Waals surface area contributed by atoms with Gasteiger partial charge in [0.05, 0.1) is 6.10 Å². The van der Waals surface area contributed by atoms with Crippen LogP contribution in [0, 0.1) is 5.92 Å². The standard InChI is InChI=1S/C13H25NO/c1-2-14-12-8-9-15-13(10-12)11-6-4-3-5-7-11/h11-14H,2-10H2,1H3. The molecule has 1 aliphatic heterocycles. The van der Waals surface area contributed by atoms with Gasteiger partial charge in [0.1, 0.15) is 0 Å². The predicted molar refractivity (Wildman–Crippen MR) is 63.0 cm³/mol. The molecule has 0 aromatic carbocycles. The van der Waals surface area contributed by atoms with Crippen molar-refractivity contribution in [2.24, 2.45) is 5.92 Å². The van der Waals surface area contributed by atoms with Gasteiger partial charge in [-0.3, -0.25) is 0 Å². The van der Waals surface area contributed by atoms with Gasteiger partial charge in [-0.15, -0.1) is 0 Å². The fourth-order valence-corrected chi connectivity index (χ4v) is 3.14. The van der Waals surface area contributed by atoms with E-state index in [2.05, 4.69) is 12.2 Å². The summed E-state index contributed by atoms with van der Waals surface area (Å²) >= 11 is 0.